The molecule has 2 nitrogen and oxygen atoms in total. The van der Waals surface area contributed by atoms with Crippen LogP contribution >= 0.6 is 0 Å². The highest BCUT2D eigenvalue weighted by Crippen LogP contribution is 2.24. The minimum atomic E-state index is 0.746. The zero-order valence-corrected chi connectivity index (χ0v) is 11.3. The van der Waals surface area contributed by atoms with E-state index in [1.807, 2.05) is 0 Å². The van der Waals surface area contributed by atoms with E-state index < -0.39 is 0 Å². The monoisotopic (exact) mass is 243 g/mol. The average molecular weight is 243 g/mol. The topological polar surface area (TPSA) is 16.4 Å². The van der Waals surface area contributed by atoms with Crippen LogP contribution in [0.1, 0.15) is 31.1 Å². The SMILES string of the molecule is Cc1cccc2oc(CCN3CCC[C@H]3C)cc12. The fraction of sp³-hybridized carbons (Fsp3) is 0.500. The molecule has 1 aliphatic heterocycles. The summed E-state index contributed by atoms with van der Waals surface area (Å²) in [4.78, 5) is 2.57. The Morgan fingerprint density at radius 1 is 1.39 bits per heavy atom. The van der Waals surface area contributed by atoms with Crippen LogP contribution in [0.25, 0.3) is 11.0 Å². The van der Waals surface area contributed by atoms with Gasteiger partial charge in [-0.1, -0.05) is 12.1 Å². The van der Waals surface area contributed by atoms with Gasteiger partial charge >= 0.3 is 0 Å². The van der Waals surface area contributed by atoms with Crippen molar-refractivity contribution in [1.82, 2.24) is 4.90 Å². The van der Waals surface area contributed by atoms with Crippen LogP contribution in [0.5, 0.6) is 0 Å². The molecule has 3 rings (SSSR count). The summed E-state index contributed by atoms with van der Waals surface area (Å²) < 4.78 is 5.92. The third kappa shape index (κ3) is 2.17. The van der Waals surface area contributed by atoms with Gasteiger partial charge in [-0.25, -0.2) is 0 Å². The standard InChI is InChI=1S/C16H21NO/c1-12-5-3-7-16-15(12)11-14(18-16)8-10-17-9-4-6-13(17)2/h3,5,7,11,13H,4,6,8-10H2,1-2H3/t13-/m1/s1. The number of benzene rings is 1. The van der Waals surface area contributed by atoms with Crippen molar-refractivity contribution in [3.05, 3.63) is 35.6 Å². The van der Waals surface area contributed by atoms with E-state index in [2.05, 4.69) is 43.0 Å². The Morgan fingerprint density at radius 3 is 3.00 bits per heavy atom. The Labute approximate surface area is 109 Å². The summed E-state index contributed by atoms with van der Waals surface area (Å²) in [5.74, 6) is 1.12. The zero-order valence-electron chi connectivity index (χ0n) is 11.3. The maximum absolute atomic E-state index is 5.92. The van der Waals surface area contributed by atoms with E-state index in [1.54, 1.807) is 0 Å². The van der Waals surface area contributed by atoms with Gasteiger partial charge in [0, 0.05) is 24.4 Å². The van der Waals surface area contributed by atoms with E-state index in [4.69, 9.17) is 4.42 Å². The van der Waals surface area contributed by atoms with Crippen molar-refractivity contribution < 1.29 is 4.42 Å². The average Bonchev–Trinajstić information content (AvgIpc) is 2.93. The smallest absolute Gasteiger partial charge is 0.134 e. The van der Waals surface area contributed by atoms with Gasteiger partial charge in [0.05, 0.1) is 0 Å². The fourth-order valence-electron chi connectivity index (χ4n) is 2.96. The van der Waals surface area contributed by atoms with Crippen LogP contribution in [-0.2, 0) is 6.42 Å². The number of likely N-dealkylation sites (tertiary alicyclic amines) is 1. The Bertz CT molecular complexity index is 543. The molecule has 0 saturated carbocycles. The normalized spacial score (nSPS) is 20.9. The first kappa shape index (κ1) is 11.8. The van der Waals surface area contributed by atoms with Gasteiger partial charge in [-0.15, -0.1) is 0 Å². The predicted octanol–water partition coefficient (Wildman–Crippen LogP) is 3.77. The van der Waals surface area contributed by atoms with Crippen LogP contribution in [0.4, 0.5) is 0 Å². The van der Waals surface area contributed by atoms with Gasteiger partial charge < -0.3 is 9.32 Å². The number of hydrogen-bond acceptors (Lipinski definition) is 2. The number of furan rings is 1. The molecule has 2 heteroatoms. The second kappa shape index (κ2) is 4.77. The highest BCUT2D eigenvalue weighted by molar-refractivity contribution is 5.81. The number of fused-ring (bicyclic) bond motifs is 1. The van der Waals surface area contributed by atoms with Gasteiger partial charge in [-0.3, -0.25) is 0 Å². The maximum Gasteiger partial charge on any atom is 0.134 e. The summed E-state index contributed by atoms with van der Waals surface area (Å²) in [6.07, 6.45) is 3.72. The molecule has 0 N–H and O–H groups in total. The first-order chi connectivity index (χ1) is 8.74. The first-order valence-corrected chi connectivity index (χ1v) is 6.96. The molecule has 1 atom stereocenters. The third-order valence-electron chi connectivity index (χ3n) is 4.17. The summed E-state index contributed by atoms with van der Waals surface area (Å²) in [5, 5.41) is 1.27. The van der Waals surface area contributed by atoms with Crippen molar-refractivity contribution in [3.8, 4) is 0 Å². The second-order valence-corrected chi connectivity index (χ2v) is 5.48. The minimum absolute atomic E-state index is 0.746. The van der Waals surface area contributed by atoms with E-state index in [0.717, 1.165) is 30.4 Å². The molecule has 1 aromatic heterocycles. The van der Waals surface area contributed by atoms with Crippen LogP contribution in [0.15, 0.2) is 28.7 Å². The minimum Gasteiger partial charge on any atom is -0.461 e. The fourth-order valence-corrected chi connectivity index (χ4v) is 2.96. The van der Waals surface area contributed by atoms with Crippen molar-refractivity contribution in [3.63, 3.8) is 0 Å². The first-order valence-electron chi connectivity index (χ1n) is 6.96. The lowest BCUT2D eigenvalue weighted by Crippen LogP contribution is -2.28. The molecule has 0 bridgehead atoms. The number of hydrogen-bond donors (Lipinski definition) is 0. The Kier molecular flexibility index (Phi) is 3.13. The van der Waals surface area contributed by atoms with E-state index in [0.29, 0.717) is 0 Å². The van der Waals surface area contributed by atoms with Crippen LogP contribution in [0, 0.1) is 6.92 Å². The molecule has 2 aromatic rings. The molecule has 0 spiro atoms. The second-order valence-electron chi connectivity index (χ2n) is 5.48. The lowest BCUT2D eigenvalue weighted by molar-refractivity contribution is 0.266. The molecule has 0 aliphatic carbocycles. The zero-order chi connectivity index (χ0) is 12.5. The van der Waals surface area contributed by atoms with Crippen LogP contribution < -0.4 is 0 Å². The molecule has 96 valence electrons. The van der Waals surface area contributed by atoms with Crippen molar-refractivity contribution in [2.75, 3.05) is 13.1 Å². The van der Waals surface area contributed by atoms with Gasteiger partial charge in [-0.05, 0) is 50.9 Å². The molecular weight excluding hydrogens is 222 g/mol. The van der Waals surface area contributed by atoms with Crippen molar-refractivity contribution in [2.45, 2.75) is 39.2 Å². The highest BCUT2D eigenvalue weighted by atomic mass is 16.3. The summed E-state index contributed by atoms with van der Waals surface area (Å²) in [7, 11) is 0. The van der Waals surface area contributed by atoms with E-state index in [1.165, 1.54) is 30.3 Å². The largest absolute Gasteiger partial charge is 0.461 e. The molecule has 1 saturated heterocycles. The summed E-state index contributed by atoms with van der Waals surface area (Å²) in [6, 6.07) is 9.23. The maximum atomic E-state index is 5.92. The van der Waals surface area contributed by atoms with Gasteiger partial charge in [0.15, 0.2) is 0 Å². The molecule has 0 amide bonds. The Balaban J connectivity index is 1.73. The van der Waals surface area contributed by atoms with Gasteiger partial charge in [0.25, 0.3) is 0 Å². The quantitative estimate of drug-likeness (QED) is 0.816. The van der Waals surface area contributed by atoms with Crippen molar-refractivity contribution in [2.24, 2.45) is 0 Å². The molecule has 0 radical (unpaired) electrons. The van der Waals surface area contributed by atoms with Crippen LogP contribution in [0.2, 0.25) is 0 Å². The number of nitrogens with zero attached hydrogens (tertiary/aromatic N) is 1. The summed E-state index contributed by atoms with van der Waals surface area (Å²) >= 11 is 0. The summed E-state index contributed by atoms with van der Waals surface area (Å²) in [6.45, 7) is 6.85. The molecule has 1 aromatic carbocycles. The molecule has 1 aliphatic rings. The molecule has 0 unspecified atom stereocenters. The van der Waals surface area contributed by atoms with E-state index >= 15 is 0 Å². The van der Waals surface area contributed by atoms with Gasteiger partial charge in [0.2, 0.25) is 0 Å². The van der Waals surface area contributed by atoms with Gasteiger partial charge in [0.1, 0.15) is 11.3 Å². The number of aryl methyl sites for hydroxylation is 1. The lowest BCUT2D eigenvalue weighted by Gasteiger charge is -2.19. The lowest BCUT2D eigenvalue weighted by atomic mass is 10.1. The highest BCUT2D eigenvalue weighted by Gasteiger charge is 2.19. The number of rotatable bonds is 3. The molecular formula is C16H21NO. The predicted molar refractivity (Wildman–Crippen MR) is 74.9 cm³/mol. The van der Waals surface area contributed by atoms with E-state index in [9.17, 15) is 0 Å². The molecule has 2 heterocycles. The van der Waals surface area contributed by atoms with Crippen molar-refractivity contribution >= 4 is 11.0 Å². The Hall–Kier alpha value is -1.28. The van der Waals surface area contributed by atoms with Crippen LogP contribution in [0.3, 0.4) is 0 Å². The van der Waals surface area contributed by atoms with Gasteiger partial charge in [-0.2, -0.15) is 0 Å². The summed E-state index contributed by atoms with van der Waals surface area (Å²) in [5.41, 5.74) is 2.33. The third-order valence-corrected chi connectivity index (χ3v) is 4.17. The van der Waals surface area contributed by atoms with E-state index in [-0.39, 0.29) is 0 Å². The van der Waals surface area contributed by atoms with Crippen molar-refractivity contribution in [1.29, 1.82) is 0 Å². The molecule has 1 fully saturated rings. The molecule has 18 heavy (non-hydrogen) atoms. The van der Waals surface area contributed by atoms with Crippen LogP contribution in [-0.4, -0.2) is 24.0 Å². The Morgan fingerprint density at radius 2 is 2.28 bits per heavy atom.